The zero-order valence-electron chi connectivity index (χ0n) is 13.1. The number of carboxylic acids is 1. The lowest BCUT2D eigenvalue weighted by molar-refractivity contribution is -0.599. The fourth-order valence-electron chi connectivity index (χ4n) is 3.16. The van der Waals surface area contributed by atoms with Gasteiger partial charge < -0.3 is 5.11 Å². The van der Waals surface area contributed by atoms with Crippen LogP contribution in [0.25, 0.3) is 16.8 Å². The Bertz CT molecular complexity index is 1080. The normalized spacial score (nSPS) is 15.8. The molecule has 0 fully saturated rings. The van der Waals surface area contributed by atoms with Crippen LogP contribution in [-0.2, 0) is 11.2 Å². The molecule has 0 spiro atoms. The average molecular weight is 394 g/mol. The molecule has 1 aliphatic rings. The number of fused-ring (bicyclic) bond motifs is 1. The number of rotatable bonds is 3. The number of aliphatic carboxylic acids is 1. The average Bonchev–Trinajstić information content (AvgIpc) is 3.27. The van der Waals surface area contributed by atoms with Crippen LogP contribution in [0.15, 0.2) is 30.7 Å². The Labute approximate surface area is 156 Å². The van der Waals surface area contributed by atoms with Crippen molar-refractivity contribution in [2.24, 2.45) is 0 Å². The molecule has 132 valence electrons. The van der Waals surface area contributed by atoms with Gasteiger partial charge in [-0.15, -0.1) is 5.10 Å². The van der Waals surface area contributed by atoms with Gasteiger partial charge in [-0.3, -0.25) is 0 Å². The third-order valence-electron chi connectivity index (χ3n) is 4.30. The third-order valence-corrected chi connectivity index (χ3v) is 4.95. The molecule has 1 unspecified atom stereocenters. The van der Waals surface area contributed by atoms with Crippen molar-refractivity contribution in [2.75, 3.05) is 0 Å². The van der Waals surface area contributed by atoms with Gasteiger partial charge in [-0.1, -0.05) is 27.9 Å². The summed E-state index contributed by atoms with van der Waals surface area (Å²) in [5, 5.41) is 21.1. The Kier molecular flexibility index (Phi) is 3.97. The van der Waals surface area contributed by atoms with Crippen LogP contribution < -0.4 is 4.54 Å². The van der Waals surface area contributed by atoms with E-state index in [0.717, 1.165) is 4.68 Å². The van der Waals surface area contributed by atoms with Crippen molar-refractivity contribution < 1.29 is 14.4 Å². The molecule has 0 bridgehead atoms. The highest BCUT2D eigenvalue weighted by Crippen LogP contribution is 2.38. The van der Waals surface area contributed by atoms with Crippen molar-refractivity contribution in [1.29, 1.82) is 0 Å². The molecule has 1 aromatic carbocycles. The van der Waals surface area contributed by atoms with Crippen LogP contribution in [0.5, 0.6) is 0 Å². The van der Waals surface area contributed by atoms with Crippen molar-refractivity contribution in [1.82, 2.24) is 24.9 Å². The Morgan fingerprint density at radius 1 is 1.31 bits per heavy atom. The Morgan fingerprint density at radius 2 is 2.12 bits per heavy atom. The van der Waals surface area contributed by atoms with Crippen molar-refractivity contribution in [3.8, 4) is 16.8 Å². The standard InChI is InChI=1S/C15H10Cl2N6O3/c16-8-1-2-11(21-7-18-19-20-21)9(5-8)10-6-22(26)23-12(14(10)17)3-4-13(23)15(24)25/h1-2,5-7,13H,3-4H2/p+1. The predicted molar refractivity (Wildman–Crippen MR) is 91.0 cm³/mol. The summed E-state index contributed by atoms with van der Waals surface area (Å²) in [4.78, 5) is 23.9. The maximum Gasteiger partial charge on any atom is 0.332 e. The summed E-state index contributed by atoms with van der Waals surface area (Å²) in [6.45, 7) is 0. The van der Waals surface area contributed by atoms with Crippen molar-refractivity contribution in [3.63, 3.8) is 0 Å². The summed E-state index contributed by atoms with van der Waals surface area (Å²) < 4.78 is 3.10. The molecule has 0 saturated heterocycles. The van der Waals surface area contributed by atoms with Crippen LogP contribution in [-0.4, -0.2) is 36.0 Å². The largest absolute Gasteiger partial charge is 0.480 e. The molecule has 11 heteroatoms. The van der Waals surface area contributed by atoms with Crippen LogP contribution in [0.4, 0.5) is 0 Å². The highest BCUT2D eigenvalue weighted by molar-refractivity contribution is 6.34. The lowest BCUT2D eigenvalue weighted by Gasteiger charge is -2.11. The van der Waals surface area contributed by atoms with E-state index in [1.165, 1.54) is 17.2 Å². The lowest BCUT2D eigenvalue weighted by atomic mass is 10.0. The molecule has 4 rings (SSSR count). The van der Waals surface area contributed by atoms with Crippen LogP contribution in [0.3, 0.4) is 0 Å². The number of tetrazole rings is 1. The van der Waals surface area contributed by atoms with Crippen LogP contribution in [0.2, 0.25) is 10.0 Å². The molecule has 2 aromatic heterocycles. The number of carboxylic acid groups (broad SMARTS) is 1. The summed E-state index contributed by atoms with van der Waals surface area (Å²) >= 11 is 12.7. The second-order valence-corrected chi connectivity index (χ2v) is 6.57. The first kappa shape index (κ1) is 16.7. The zero-order chi connectivity index (χ0) is 18.4. The predicted octanol–water partition coefficient (Wildman–Crippen LogP) is 1.92. The second-order valence-electron chi connectivity index (χ2n) is 5.76. The summed E-state index contributed by atoms with van der Waals surface area (Å²) in [7, 11) is 0. The van der Waals surface area contributed by atoms with Crippen LogP contribution in [0, 0.1) is 4.91 Å². The van der Waals surface area contributed by atoms with E-state index >= 15 is 0 Å². The van der Waals surface area contributed by atoms with Gasteiger partial charge in [0, 0.05) is 10.6 Å². The molecule has 9 nitrogen and oxygen atoms in total. The minimum absolute atomic E-state index is 0.302. The van der Waals surface area contributed by atoms with Crippen LogP contribution in [0.1, 0.15) is 18.2 Å². The fourth-order valence-corrected chi connectivity index (χ4v) is 3.66. The number of halogens is 2. The van der Waals surface area contributed by atoms with E-state index in [1.807, 2.05) is 0 Å². The van der Waals surface area contributed by atoms with Gasteiger partial charge in [0.1, 0.15) is 12.0 Å². The fraction of sp³-hybridized carbons (Fsp3) is 0.200. The van der Waals surface area contributed by atoms with Crippen LogP contribution >= 0.6 is 23.2 Å². The first-order valence-corrected chi connectivity index (χ1v) is 8.35. The minimum atomic E-state index is -1.07. The van der Waals surface area contributed by atoms with E-state index in [9.17, 15) is 14.8 Å². The molecular formula is C15H11Cl2N6O3+. The van der Waals surface area contributed by atoms with Gasteiger partial charge in [0.25, 0.3) is 6.20 Å². The van der Waals surface area contributed by atoms with E-state index in [4.69, 9.17) is 23.2 Å². The maximum atomic E-state index is 12.5. The molecule has 0 radical (unpaired) electrons. The Hall–Kier alpha value is -2.78. The molecule has 1 aliphatic heterocycles. The van der Waals surface area contributed by atoms with Crippen molar-refractivity contribution >= 4 is 29.2 Å². The maximum absolute atomic E-state index is 12.5. The van der Waals surface area contributed by atoms with Gasteiger partial charge in [-0.05, 0) is 41.5 Å². The Morgan fingerprint density at radius 3 is 2.81 bits per heavy atom. The smallest absolute Gasteiger partial charge is 0.332 e. The van der Waals surface area contributed by atoms with Crippen molar-refractivity contribution in [2.45, 2.75) is 18.9 Å². The molecular weight excluding hydrogens is 383 g/mol. The highest BCUT2D eigenvalue weighted by atomic mass is 35.5. The second kappa shape index (κ2) is 6.19. The van der Waals surface area contributed by atoms with Gasteiger partial charge in [-0.2, -0.15) is 4.68 Å². The first-order valence-electron chi connectivity index (χ1n) is 7.60. The first-order chi connectivity index (χ1) is 12.5. The molecule has 3 aromatic rings. The molecule has 1 atom stereocenters. The van der Waals surface area contributed by atoms with E-state index in [0.29, 0.717) is 49.9 Å². The summed E-state index contributed by atoms with van der Waals surface area (Å²) in [5.74, 6) is -1.07. The number of carbonyl (C=O) groups is 1. The van der Waals surface area contributed by atoms with E-state index in [2.05, 4.69) is 15.5 Å². The van der Waals surface area contributed by atoms with Gasteiger partial charge in [0.15, 0.2) is 10.6 Å². The van der Waals surface area contributed by atoms with Crippen molar-refractivity contribution in [3.05, 3.63) is 51.4 Å². The minimum Gasteiger partial charge on any atom is -0.480 e. The van der Waals surface area contributed by atoms with E-state index in [1.54, 1.807) is 18.2 Å². The molecule has 0 amide bonds. The molecule has 1 N–H and O–H groups in total. The number of benzene rings is 1. The lowest BCUT2D eigenvalue weighted by Crippen LogP contribution is -2.36. The third kappa shape index (κ3) is 2.56. The quantitative estimate of drug-likeness (QED) is 0.680. The SMILES string of the molecule is O=C(O)C1CCc2c(Cl)c(-c3cc(Cl)ccc3-n3cnnn3)c[n+](=O)n21. The summed E-state index contributed by atoms with van der Waals surface area (Å²) in [5.41, 5.74) is 2.03. The molecule has 0 saturated carbocycles. The number of nitrogens with zero attached hydrogens (tertiary/aromatic N) is 6. The number of aromatic nitrogens is 6. The van der Waals surface area contributed by atoms with Gasteiger partial charge in [0.2, 0.25) is 0 Å². The number of hydrogen-bond acceptors (Lipinski definition) is 5. The molecule has 0 aliphatic carbocycles. The monoisotopic (exact) mass is 393 g/mol. The van der Waals surface area contributed by atoms with E-state index in [-0.39, 0.29) is 0 Å². The topological polar surface area (TPSA) is 109 Å². The summed E-state index contributed by atoms with van der Waals surface area (Å²) in [6, 6.07) is 4.09. The van der Waals surface area contributed by atoms with Gasteiger partial charge >= 0.3 is 5.97 Å². The van der Waals surface area contributed by atoms with Gasteiger partial charge in [-0.25, -0.2) is 4.79 Å². The summed E-state index contributed by atoms with van der Waals surface area (Å²) in [6.07, 6.45) is 3.34. The van der Waals surface area contributed by atoms with E-state index < -0.39 is 12.0 Å². The number of hydrogen-bond donors (Lipinski definition) is 1. The molecule has 26 heavy (non-hydrogen) atoms. The Balaban J connectivity index is 1.97. The molecule has 3 heterocycles. The van der Waals surface area contributed by atoms with Gasteiger partial charge in [0.05, 0.1) is 21.2 Å². The zero-order valence-corrected chi connectivity index (χ0v) is 14.6. The highest BCUT2D eigenvalue weighted by Gasteiger charge is 2.37.